The van der Waals surface area contributed by atoms with Gasteiger partial charge in [-0.15, -0.1) is 12.4 Å². The zero-order chi connectivity index (χ0) is 17.8. The second-order valence-electron chi connectivity index (χ2n) is 6.03. The standard InChI is InChI=1S/C18H20ClN5O.ClH/c1-23(2)11-10-20-16(25)12-24-17(13-5-7-14(19)8-6-13)22-15-4-3-9-21-18(15)24;/h3-9H,10-12H2,1-2H3,(H,20,25);1H. The Morgan fingerprint density at radius 3 is 2.65 bits per heavy atom. The van der Waals surface area contributed by atoms with Crippen LogP contribution in [0.25, 0.3) is 22.6 Å². The Hall–Kier alpha value is -2.15. The van der Waals surface area contributed by atoms with Crippen molar-refractivity contribution in [3.8, 4) is 11.4 Å². The van der Waals surface area contributed by atoms with Gasteiger partial charge in [0.1, 0.15) is 17.9 Å². The first kappa shape index (κ1) is 20.2. The molecular formula is C18H21Cl2N5O. The highest BCUT2D eigenvalue weighted by Gasteiger charge is 2.16. The molecular weight excluding hydrogens is 373 g/mol. The van der Waals surface area contributed by atoms with E-state index in [1.54, 1.807) is 6.20 Å². The molecule has 1 amide bonds. The predicted molar refractivity (Wildman–Crippen MR) is 107 cm³/mol. The first-order valence-electron chi connectivity index (χ1n) is 8.03. The topological polar surface area (TPSA) is 63.1 Å². The van der Waals surface area contributed by atoms with Gasteiger partial charge in [0.25, 0.3) is 0 Å². The molecule has 1 aromatic carbocycles. The van der Waals surface area contributed by atoms with Crippen LogP contribution in [0.4, 0.5) is 0 Å². The summed E-state index contributed by atoms with van der Waals surface area (Å²) < 4.78 is 1.84. The van der Waals surface area contributed by atoms with Crippen molar-refractivity contribution < 1.29 is 4.79 Å². The fourth-order valence-corrected chi connectivity index (χ4v) is 2.67. The van der Waals surface area contributed by atoms with Gasteiger partial charge in [0, 0.05) is 29.9 Å². The quantitative estimate of drug-likeness (QED) is 0.699. The van der Waals surface area contributed by atoms with E-state index >= 15 is 0 Å². The zero-order valence-electron chi connectivity index (χ0n) is 14.6. The van der Waals surface area contributed by atoms with Gasteiger partial charge in [-0.05, 0) is 50.5 Å². The summed E-state index contributed by atoms with van der Waals surface area (Å²) in [5, 5.41) is 3.58. The minimum absolute atomic E-state index is 0. The van der Waals surface area contributed by atoms with E-state index in [1.807, 2.05) is 60.0 Å². The number of nitrogens with zero attached hydrogens (tertiary/aromatic N) is 4. The number of nitrogens with one attached hydrogen (secondary N) is 1. The maximum Gasteiger partial charge on any atom is 0.240 e. The first-order valence-corrected chi connectivity index (χ1v) is 8.41. The monoisotopic (exact) mass is 393 g/mol. The molecule has 0 aliphatic carbocycles. The molecule has 3 rings (SSSR count). The van der Waals surface area contributed by atoms with Crippen molar-refractivity contribution in [2.45, 2.75) is 6.54 Å². The number of likely N-dealkylation sites (N-methyl/N-ethyl adjacent to an activating group) is 1. The summed E-state index contributed by atoms with van der Waals surface area (Å²) >= 11 is 5.98. The van der Waals surface area contributed by atoms with E-state index in [1.165, 1.54) is 0 Å². The van der Waals surface area contributed by atoms with Crippen molar-refractivity contribution in [3.05, 3.63) is 47.6 Å². The molecule has 0 saturated heterocycles. The fraction of sp³-hybridized carbons (Fsp3) is 0.278. The van der Waals surface area contributed by atoms with Crippen LogP contribution < -0.4 is 5.32 Å². The van der Waals surface area contributed by atoms with Crippen molar-refractivity contribution >= 4 is 41.1 Å². The van der Waals surface area contributed by atoms with Gasteiger partial charge in [0.15, 0.2) is 5.65 Å². The van der Waals surface area contributed by atoms with Gasteiger partial charge in [-0.25, -0.2) is 9.97 Å². The Bertz CT molecular complexity index is 877. The second kappa shape index (κ2) is 8.98. The third-order valence-electron chi connectivity index (χ3n) is 3.79. The third kappa shape index (κ3) is 4.72. The van der Waals surface area contributed by atoms with Gasteiger partial charge in [-0.1, -0.05) is 11.6 Å². The Morgan fingerprint density at radius 1 is 1.23 bits per heavy atom. The van der Waals surface area contributed by atoms with Crippen LogP contribution in [0.1, 0.15) is 0 Å². The molecule has 0 fully saturated rings. The van der Waals surface area contributed by atoms with Crippen LogP contribution in [0.3, 0.4) is 0 Å². The highest BCUT2D eigenvalue weighted by Crippen LogP contribution is 2.24. The molecule has 0 bridgehead atoms. The number of carbonyl (C=O) groups excluding carboxylic acids is 1. The van der Waals surface area contributed by atoms with Gasteiger partial charge < -0.3 is 10.2 Å². The van der Waals surface area contributed by atoms with E-state index < -0.39 is 0 Å². The van der Waals surface area contributed by atoms with Crippen LogP contribution >= 0.6 is 24.0 Å². The van der Waals surface area contributed by atoms with Gasteiger partial charge in [-0.2, -0.15) is 0 Å². The molecule has 0 radical (unpaired) electrons. The maximum atomic E-state index is 12.3. The smallest absolute Gasteiger partial charge is 0.240 e. The Kier molecular flexibility index (Phi) is 6.97. The summed E-state index contributed by atoms with van der Waals surface area (Å²) in [5.41, 5.74) is 2.34. The first-order chi connectivity index (χ1) is 12.0. The highest BCUT2D eigenvalue weighted by molar-refractivity contribution is 6.30. The van der Waals surface area contributed by atoms with Crippen molar-refractivity contribution in [2.24, 2.45) is 0 Å². The highest BCUT2D eigenvalue weighted by atomic mass is 35.5. The number of fused-ring (bicyclic) bond motifs is 1. The number of hydrogen-bond acceptors (Lipinski definition) is 4. The molecule has 2 heterocycles. The van der Waals surface area contributed by atoms with Gasteiger partial charge >= 0.3 is 0 Å². The van der Waals surface area contributed by atoms with Crippen molar-refractivity contribution in [2.75, 3.05) is 27.2 Å². The lowest BCUT2D eigenvalue weighted by Crippen LogP contribution is -2.33. The minimum atomic E-state index is -0.0676. The van der Waals surface area contributed by atoms with Crippen molar-refractivity contribution in [3.63, 3.8) is 0 Å². The third-order valence-corrected chi connectivity index (χ3v) is 4.04. The number of benzene rings is 1. The maximum absolute atomic E-state index is 12.3. The largest absolute Gasteiger partial charge is 0.353 e. The van der Waals surface area contributed by atoms with E-state index in [0.29, 0.717) is 23.0 Å². The molecule has 8 heteroatoms. The van der Waals surface area contributed by atoms with Crippen LogP contribution in [0.5, 0.6) is 0 Å². The number of carbonyl (C=O) groups is 1. The van der Waals surface area contributed by atoms with Crippen LogP contribution in [-0.2, 0) is 11.3 Å². The predicted octanol–water partition coefficient (Wildman–Crippen LogP) is 2.85. The van der Waals surface area contributed by atoms with E-state index in [0.717, 1.165) is 17.6 Å². The lowest BCUT2D eigenvalue weighted by molar-refractivity contribution is -0.121. The number of hydrogen-bond donors (Lipinski definition) is 1. The number of halogens is 2. The van der Waals surface area contributed by atoms with E-state index in [-0.39, 0.29) is 24.9 Å². The summed E-state index contributed by atoms with van der Waals surface area (Å²) in [6, 6.07) is 11.1. The molecule has 0 spiro atoms. The fourth-order valence-electron chi connectivity index (χ4n) is 2.55. The van der Waals surface area contributed by atoms with E-state index in [2.05, 4.69) is 15.3 Å². The van der Waals surface area contributed by atoms with Crippen LogP contribution in [-0.4, -0.2) is 52.5 Å². The van der Waals surface area contributed by atoms with Gasteiger partial charge in [0.05, 0.1) is 0 Å². The molecule has 0 atom stereocenters. The molecule has 0 saturated carbocycles. The van der Waals surface area contributed by atoms with Gasteiger partial charge in [0.2, 0.25) is 5.91 Å². The summed E-state index contributed by atoms with van der Waals surface area (Å²) in [6.45, 7) is 1.56. The van der Waals surface area contributed by atoms with E-state index in [4.69, 9.17) is 11.6 Å². The summed E-state index contributed by atoms with van der Waals surface area (Å²) in [5.74, 6) is 0.634. The Morgan fingerprint density at radius 2 is 1.96 bits per heavy atom. The zero-order valence-corrected chi connectivity index (χ0v) is 16.2. The SMILES string of the molecule is CN(C)CCNC(=O)Cn1c(-c2ccc(Cl)cc2)nc2cccnc21.Cl. The summed E-state index contributed by atoms with van der Waals surface area (Å²) in [4.78, 5) is 23.4. The molecule has 0 aliphatic heterocycles. The van der Waals surface area contributed by atoms with E-state index in [9.17, 15) is 4.79 Å². The molecule has 0 unspecified atom stereocenters. The average Bonchev–Trinajstić information content (AvgIpc) is 2.94. The van der Waals surface area contributed by atoms with Crippen molar-refractivity contribution in [1.29, 1.82) is 0 Å². The molecule has 6 nitrogen and oxygen atoms in total. The summed E-state index contributed by atoms with van der Waals surface area (Å²) in [6.07, 6.45) is 1.70. The second-order valence-corrected chi connectivity index (χ2v) is 6.46. The molecule has 0 aliphatic rings. The minimum Gasteiger partial charge on any atom is -0.353 e. The molecule has 26 heavy (non-hydrogen) atoms. The molecule has 1 N–H and O–H groups in total. The molecule has 3 aromatic rings. The molecule has 2 aromatic heterocycles. The van der Waals surface area contributed by atoms with Crippen LogP contribution in [0.2, 0.25) is 5.02 Å². The lowest BCUT2D eigenvalue weighted by atomic mass is 10.2. The Balaban J connectivity index is 0.00000243. The van der Waals surface area contributed by atoms with Crippen LogP contribution in [0, 0.1) is 0 Å². The van der Waals surface area contributed by atoms with Gasteiger partial charge in [-0.3, -0.25) is 9.36 Å². The van der Waals surface area contributed by atoms with Crippen LogP contribution in [0.15, 0.2) is 42.6 Å². The number of pyridine rings is 1. The Labute approximate surface area is 163 Å². The number of rotatable bonds is 6. The molecule has 138 valence electrons. The summed E-state index contributed by atoms with van der Waals surface area (Å²) in [7, 11) is 3.94. The lowest BCUT2D eigenvalue weighted by Gasteiger charge is -2.12. The normalized spacial score (nSPS) is 10.8. The number of aromatic nitrogens is 3. The van der Waals surface area contributed by atoms with Crippen molar-refractivity contribution in [1.82, 2.24) is 24.8 Å². The number of imidazole rings is 1. The average molecular weight is 394 g/mol. The number of amides is 1.